The van der Waals surface area contributed by atoms with E-state index in [1.807, 2.05) is 12.1 Å². The number of thiophene rings is 1. The molecule has 1 aromatic carbocycles. The van der Waals surface area contributed by atoms with Crippen molar-refractivity contribution in [1.82, 2.24) is 0 Å². The van der Waals surface area contributed by atoms with E-state index in [4.69, 9.17) is 29.6 Å². The first kappa shape index (κ1) is 14.3. The Kier molecular flexibility index (Phi) is 4.45. The molecule has 0 bridgehead atoms. The zero-order valence-corrected chi connectivity index (χ0v) is 13.1. The molecule has 1 unspecified atom stereocenters. The lowest BCUT2D eigenvalue weighted by molar-refractivity contribution is 0.907. The van der Waals surface area contributed by atoms with Crippen LogP contribution in [-0.4, -0.2) is 4.99 Å². The van der Waals surface area contributed by atoms with Gasteiger partial charge in [-0.25, -0.2) is 0 Å². The summed E-state index contributed by atoms with van der Waals surface area (Å²) in [6.45, 7) is 4.22. The van der Waals surface area contributed by atoms with Crippen molar-refractivity contribution in [2.45, 2.75) is 19.9 Å². The molecule has 1 atom stereocenters. The van der Waals surface area contributed by atoms with Crippen LogP contribution in [0.25, 0.3) is 0 Å². The average molecular weight is 311 g/mol. The highest BCUT2D eigenvalue weighted by atomic mass is 35.5. The number of nitrogens with two attached hydrogens (primary N) is 1. The highest BCUT2D eigenvalue weighted by Crippen LogP contribution is 2.28. The maximum absolute atomic E-state index is 5.98. The van der Waals surface area contributed by atoms with Gasteiger partial charge >= 0.3 is 0 Å². The van der Waals surface area contributed by atoms with E-state index in [0.717, 1.165) is 11.3 Å². The van der Waals surface area contributed by atoms with E-state index in [9.17, 15) is 0 Å². The molecule has 0 saturated heterocycles. The summed E-state index contributed by atoms with van der Waals surface area (Å²) >= 11 is 12.8. The van der Waals surface area contributed by atoms with Crippen molar-refractivity contribution in [2.75, 3.05) is 5.32 Å². The molecule has 2 rings (SSSR count). The maximum Gasteiger partial charge on any atom is 0.106 e. The van der Waals surface area contributed by atoms with Gasteiger partial charge in [-0.1, -0.05) is 23.8 Å². The van der Waals surface area contributed by atoms with Gasteiger partial charge < -0.3 is 11.1 Å². The van der Waals surface area contributed by atoms with Crippen LogP contribution in [0.15, 0.2) is 30.3 Å². The topological polar surface area (TPSA) is 38.0 Å². The van der Waals surface area contributed by atoms with Crippen LogP contribution in [0.3, 0.4) is 0 Å². The average Bonchev–Trinajstić information content (AvgIpc) is 2.78. The predicted octanol–water partition coefficient (Wildman–Crippen LogP) is 4.52. The predicted molar refractivity (Wildman–Crippen MR) is 88.4 cm³/mol. The Labute approximate surface area is 127 Å². The zero-order chi connectivity index (χ0) is 14.0. The van der Waals surface area contributed by atoms with Gasteiger partial charge in [0.25, 0.3) is 0 Å². The van der Waals surface area contributed by atoms with Crippen molar-refractivity contribution in [2.24, 2.45) is 5.73 Å². The van der Waals surface area contributed by atoms with Gasteiger partial charge in [0.1, 0.15) is 4.99 Å². The molecule has 0 spiro atoms. The summed E-state index contributed by atoms with van der Waals surface area (Å²) in [6, 6.07) is 9.99. The smallest absolute Gasteiger partial charge is 0.106 e. The van der Waals surface area contributed by atoms with Crippen molar-refractivity contribution in [3.63, 3.8) is 0 Å². The molecule has 19 heavy (non-hydrogen) atoms. The van der Waals surface area contributed by atoms with Gasteiger partial charge in [-0.2, -0.15) is 0 Å². The number of anilines is 1. The summed E-state index contributed by atoms with van der Waals surface area (Å²) < 4.78 is 0. The van der Waals surface area contributed by atoms with Crippen LogP contribution in [0.4, 0.5) is 5.69 Å². The molecule has 0 aliphatic rings. The van der Waals surface area contributed by atoms with Crippen molar-refractivity contribution in [3.8, 4) is 0 Å². The fraction of sp³-hybridized carbons (Fsp3) is 0.214. The van der Waals surface area contributed by atoms with E-state index in [0.29, 0.717) is 10.0 Å². The third-order valence-corrected chi connectivity index (χ3v) is 4.45. The lowest BCUT2D eigenvalue weighted by Gasteiger charge is -2.17. The third-order valence-electron chi connectivity index (χ3n) is 2.81. The Morgan fingerprint density at radius 1 is 1.37 bits per heavy atom. The van der Waals surface area contributed by atoms with Gasteiger partial charge in [0.15, 0.2) is 0 Å². The molecule has 0 aliphatic carbocycles. The Bertz CT molecular complexity index is 607. The van der Waals surface area contributed by atoms with Crippen molar-refractivity contribution in [1.29, 1.82) is 0 Å². The Morgan fingerprint density at radius 2 is 2.11 bits per heavy atom. The standard InChI is InChI=1S/C14H15ClN2S2/c1-8-3-6-13(19-8)9(2)17-12-5-4-10(15)7-11(12)14(16)18/h3-7,9,17H,1-2H3,(H2,16,18). The summed E-state index contributed by atoms with van der Waals surface area (Å²) in [7, 11) is 0. The van der Waals surface area contributed by atoms with E-state index in [1.54, 1.807) is 17.4 Å². The van der Waals surface area contributed by atoms with Crippen LogP contribution >= 0.6 is 35.2 Å². The molecule has 100 valence electrons. The number of hydrogen-bond acceptors (Lipinski definition) is 3. The third kappa shape index (κ3) is 3.47. The van der Waals surface area contributed by atoms with Crippen LogP contribution in [0, 0.1) is 6.92 Å². The molecule has 1 aromatic heterocycles. The molecule has 0 radical (unpaired) electrons. The molecule has 0 fully saturated rings. The Balaban J connectivity index is 2.26. The second kappa shape index (κ2) is 5.90. The molecule has 3 N–H and O–H groups in total. The van der Waals surface area contributed by atoms with Gasteiger partial charge in [-0.05, 0) is 44.2 Å². The quantitative estimate of drug-likeness (QED) is 0.816. The van der Waals surface area contributed by atoms with Crippen molar-refractivity contribution < 1.29 is 0 Å². The molecule has 0 aliphatic heterocycles. The van der Waals surface area contributed by atoms with Gasteiger partial charge in [0.05, 0.1) is 6.04 Å². The molecular weight excluding hydrogens is 296 g/mol. The number of benzene rings is 1. The highest BCUT2D eigenvalue weighted by Gasteiger charge is 2.11. The largest absolute Gasteiger partial charge is 0.389 e. The summed E-state index contributed by atoms with van der Waals surface area (Å²) in [5.41, 5.74) is 7.43. The summed E-state index contributed by atoms with van der Waals surface area (Å²) in [5.74, 6) is 0. The molecule has 2 nitrogen and oxygen atoms in total. The monoisotopic (exact) mass is 310 g/mol. The van der Waals surface area contributed by atoms with Gasteiger partial charge in [-0.15, -0.1) is 11.3 Å². The van der Waals surface area contributed by atoms with Crippen LogP contribution in [0.5, 0.6) is 0 Å². The van der Waals surface area contributed by atoms with Crippen LogP contribution < -0.4 is 11.1 Å². The number of aryl methyl sites for hydroxylation is 1. The number of rotatable bonds is 4. The first-order valence-electron chi connectivity index (χ1n) is 5.89. The summed E-state index contributed by atoms with van der Waals surface area (Å²) in [6.07, 6.45) is 0. The van der Waals surface area contributed by atoms with Crippen molar-refractivity contribution in [3.05, 3.63) is 50.7 Å². The first-order chi connectivity index (χ1) is 8.97. The fourth-order valence-corrected chi connectivity index (χ4v) is 3.06. The van der Waals surface area contributed by atoms with E-state index in [-0.39, 0.29) is 6.04 Å². The molecule has 5 heteroatoms. The van der Waals surface area contributed by atoms with Crippen LogP contribution in [0.1, 0.15) is 28.3 Å². The minimum Gasteiger partial charge on any atom is -0.389 e. The number of thiocarbonyl (C=S) groups is 1. The molecular formula is C14H15ClN2S2. The number of halogens is 1. The Morgan fingerprint density at radius 3 is 2.68 bits per heavy atom. The van der Waals surface area contributed by atoms with E-state index in [1.165, 1.54) is 9.75 Å². The first-order valence-corrected chi connectivity index (χ1v) is 7.50. The van der Waals surface area contributed by atoms with Gasteiger partial charge in [0.2, 0.25) is 0 Å². The van der Waals surface area contributed by atoms with Gasteiger partial charge in [-0.3, -0.25) is 0 Å². The Hall–Kier alpha value is -1.10. The highest BCUT2D eigenvalue weighted by molar-refractivity contribution is 7.80. The fourth-order valence-electron chi connectivity index (χ4n) is 1.84. The van der Waals surface area contributed by atoms with E-state index < -0.39 is 0 Å². The SMILES string of the molecule is Cc1ccc(C(C)Nc2ccc(Cl)cc2C(N)=S)s1. The summed E-state index contributed by atoms with van der Waals surface area (Å²) in [5, 5.41) is 4.07. The van der Waals surface area contributed by atoms with Crippen LogP contribution in [0.2, 0.25) is 5.02 Å². The number of nitrogens with one attached hydrogen (secondary N) is 1. The molecule has 1 heterocycles. The van der Waals surface area contributed by atoms with E-state index in [2.05, 4.69) is 31.3 Å². The minimum absolute atomic E-state index is 0.202. The van der Waals surface area contributed by atoms with Crippen LogP contribution in [-0.2, 0) is 0 Å². The molecule has 0 saturated carbocycles. The summed E-state index contributed by atoms with van der Waals surface area (Å²) in [4.78, 5) is 2.93. The number of hydrogen-bond donors (Lipinski definition) is 2. The maximum atomic E-state index is 5.98. The molecule has 0 amide bonds. The van der Waals surface area contributed by atoms with Gasteiger partial charge in [0, 0.05) is 26.0 Å². The lowest BCUT2D eigenvalue weighted by Crippen LogP contribution is -2.14. The van der Waals surface area contributed by atoms with E-state index >= 15 is 0 Å². The second-order valence-corrected chi connectivity index (χ2v) is 6.56. The molecule has 2 aromatic rings. The second-order valence-electron chi connectivity index (χ2n) is 4.37. The lowest BCUT2D eigenvalue weighted by atomic mass is 10.1. The normalized spacial score (nSPS) is 12.2. The zero-order valence-electron chi connectivity index (χ0n) is 10.7. The minimum atomic E-state index is 0.202. The van der Waals surface area contributed by atoms with Crippen molar-refractivity contribution >= 4 is 45.8 Å².